The zero-order chi connectivity index (χ0) is 10.2. The molecule has 0 fully saturated rings. The number of hydrogen-bond donors (Lipinski definition) is 2. The fraction of sp³-hybridized carbons (Fsp3) is 0.300. The van der Waals surface area contributed by atoms with Crippen molar-refractivity contribution < 1.29 is 5.21 Å². The number of oxime groups is 1. The maximum Gasteiger partial charge on any atom is 0.139 e. The molecular weight excluding hydrogens is 196 g/mol. The summed E-state index contributed by atoms with van der Waals surface area (Å²) < 4.78 is 0. The van der Waals surface area contributed by atoms with Gasteiger partial charge in [-0.05, 0) is 24.3 Å². The summed E-state index contributed by atoms with van der Waals surface area (Å²) in [5.74, 6) is 1.29. The zero-order valence-corrected chi connectivity index (χ0v) is 8.70. The lowest BCUT2D eigenvalue weighted by Gasteiger charge is -2.00. The molecular formula is C10H14N2OS. The van der Waals surface area contributed by atoms with E-state index in [1.807, 2.05) is 18.2 Å². The Labute approximate surface area is 88.0 Å². The predicted octanol–water partition coefficient (Wildman–Crippen LogP) is 2.31. The minimum absolute atomic E-state index is 0.304. The van der Waals surface area contributed by atoms with Crippen molar-refractivity contribution in [1.82, 2.24) is 0 Å². The second-order valence-electron chi connectivity index (χ2n) is 2.86. The van der Waals surface area contributed by atoms with E-state index in [0.717, 1.165) is 12.2 Å². The SMILES string of the molecule is NC(CCCSc1ccccc1)=NO. The number of rotatable bonds is 5. The van der Waals surface area contributed by atoms with Gasteiger partial charge in [0.2, 0.25) is 0 Å². The van der Waals surface area contributed by atoms with Crippen LogP contribution >= 0.6 is 11.8 Å². The number of hydrogen-bond acceptors (Lipinski definition) is 3. The second kappa shape index (κ2) is 6.32. The predicted molar refractivity (Wildman–Crippen MR) is 59.8 cm³/mol. The lowest BCUT2D eigenvalue weighted by atomic mass is 10.3. The average molecular weight is 210 g/mol. The Kier molecular flexibility index (Phi) is 4.93. The van der Waals surface area contributed by atoms with Crippen LogP contribution in [-0.4, -0.2) is 16.8 Å². The fourth-order valence-electron chi connectivity index (χ4n) is 1.01. The van der Waals surface area contributed by atoms with Gasteiger partial charge in [-0.3, -0.25) is 0 Å². The Bertz CT molecular complexity index is 287. The van der Waals surface area contributed by atoms with Crippen LogP contribution in [0.4, 0.5) is 0 Å². The minimum atomic E-state index is 0.304. The molecule has 76 valence electrons. The fourth-order valence-corrected chi connectivity index (χ4v) is 1.88. The van der Waals surface area contributed by atoms with Crippen molar-refractivity contribution in [2.75, 3.05) is 5.75 Å². The van der Waals surface area contributed by atoms with Crippen molar-refractivity contribution in [3.05, 3.63) is 30.3 Å². The highest BCUT2D eigenvalue weighted by Crippen LogP contribution is 2.18. The molecule has 14 heavy (non-hydrogen) atoms. The molecule has 0 aliphatic heterocycles. The minimum Gasteiger partial charge on any atom is -0.409 e. The van der Waals surface area contributed by atoms with Gasteiger partial charge in [-0.1, -0.05) is 23.4 Å². The zero-order valence-electron chi connectivity index (χ0n) is 7.89. The standard InChI is InChI=1S/C10H14N2OS/c11-10(12-13)7-4-8-14-9-5-2-1-3-6-9/h1-3,5-6,13H,4,7-8H2,(H2,11,12). The van der Waals surface area contributed by atoms with E-state index in [4.69, 9.17) is 10.9 Å². The molecule has 1 aromatic rings. The van der Waals surface area contributed by atoms with Crippen molar-refractivity contribution in [2.24, 2.45) is 10.9 Å². The molecule has 0 heterocycles. The molecule has 1 aromatic carbocycles. The van der Waals surface area contributed by atoms with Crippen molar-refractivity contribution >= 4 is 17.6 Å². The largest absolute Gasteiger partial charge is 0.409 e. The molecule has 0 atom stereocenters. The molecule has 0 saturated heterocycles. The van der Waals surface area contributed by atoms with Crippen LogP contribution < -0.4 is 5.73 Å². The van der Waals surface area contributed by atoms with E-state index in [1.54, 1.807) is 11.8 Å². The van der Waals surface area contributed by atoms with E-state index in [2.05, 4.69) is 17.3 Å². The summed E-state index contributed by atoms with van der Waals surface area (Å²) in [6.45, 7) is 0. The molecule has 0 aromatic heterocycles. The van der Waals surface area contributed by atoms with E-state index in [-0.39, 0.29) is 0 Å². The number of thioether (sulfide) groups is 1. The van der Waals surface area contributed by atoms with Gasteiger partial charge in [-0.15, -0.1) is 11.8 Å². The van der Waals surface area contributed by atoms with Gasteiger partial charge in [-0.25, -0.2) is 0 Å². The van der Waals surface area contributed by atoms with E-state index in [0.29, 0.717) is 12.3 Å². The summed E-state index contributed by atoms with van der Waals surface area (Å²) in [5.41, 5.74) is 5.34. The van der Waals surface area contributed by atoms with E-state index >= 15 is 0 Å². The van der Waals surface area contributed by atoms with Crippen molar-refractivity contribution in [2.45, 2.75) is 17.7 Å². The maximum absolute atomic E-state index is 8.31. The molecule has 3 nitrogen and oxygen atoms in total. The summed E-state index contributed by atoms with van der Waals surface area (Å²) >= 11 is 1.78. The topological polar surface area (TPSA) is 58.6 Å². The summed E-state index contributed by atoms with van der Waals surface area (Å²) in [7, 11) is 0. The Morgan fingerprint density at radius 3 is 2.71 bits per heavy atom. The van der Waals surface area contributed by atoms with E-state index < -0.39 is 0 Å². The van der Waals surface area contributed by atoms with Gasteiger partial charge in [0, 0.05) is 11.3 Å². The number of nitrogens with zero attached hydrogens (tertiary/aromatic N) is 1. The molecule has 0 unspecified atom stereocenters. The van der Waals surface area contributed by atoms with Crippen LogP contribution in [0.5, 0.6) is 0 Å². The monoisotopic (exact) mass is 210 g/mol. The van der Waals surface area contributed by atoms with Crippen LogP contribution in [0.2, 0.25) is 0 Å². The Morgan fingerprint density at radius 1 is 1.36 bits per heavy atom. The van der Waals surface area contributed by atoms with Crippen LogP contribution in [0.25, 0.3) is 0 Å². The van der Waals surface area contributed by atoms with Crippen LogP contribution in [0.15, 0.2) is 40.4 Å². The molecule has 0 radical (unpaired) electrons. The van der Waals surface area contributed by atoms with Crippen molar-refractivity contribution in [3.8, 4) is 0 Å². The Morgan fingerprint density at radius 2 is 2.07 bits per heavy atom. The first-order chi connectivity index (χ1) is 6.83. The summed E-state index contributed by atoms with van der Waals surface area (Å²) in [4.78, 5) is 1.26. The van der Waals surface area contributed by atoms with Gasteiger partial charge in [0.25, 0.3) is 0 Å². The van der Waals surface area contributed by atoms with Crippen molar-refractivity contribution in [1.29, 1.82) is 0 Å². The highest BCUT2D eigenvalue weighted by atomic mass is 32.2. The van der Waals surface area contributed by atoms with Crippen LogP contribution in [0.3, 0.4) is 0 Å². The molecule has 0 saturated carbocycles. The lowest BCUT2D eigenvalue weighted by molar-refractivity contribution is 0.317. The van der Waals surface area contributed by atoms with E-state index in [1.165, 1.54) is 4.90 Å². The quantitative estimate of drug-likeness (QED) is 0.196. The van der Waals surface area contributed by atoms with Gasteiger partial charge in [-0.2, -0.15) is 0 Å². The molecule has 0 spiro atoms. The first-order valence-corrected chi connectivity index (χ1v) is 5.45. The third-order valence-electron chi connectivity index (χ3n) is 1.72. The van der Waals surface area contributed by atoms with Crippen LogP contribution in [0.1, 0.15) is 12.8 Å². The highest BCUT2D eigenvalue weighted by molar-refractivity contribution is 7.99. The maximum atomic E-state index is 8.31. The molecule has 3 N–H and O–H groups in total. The molecule has 1 rings (SSSR count). The summed E-state index contributed by atoms with van der Waals surface area (Å²) in [6.07, 6.45) is 1.58. The first-order valence-electron chi connectivity index (χ1n) is 4.47. The average Bonchev–Trinajstić information content (AvgIpc) is 2.25. The van der Waals surface area contributed by atoms with Crippen LogP contribution in [0, 0.1) is 0 Å². The van der Waals surface area contributed by atoms with Crippen LogP contribution in [-0.2, 0) is 0 Å². The Hall–Kier alpha value is -1.16. The summed E-state index contributed by atoms with van der Waals surface area (Å²) in [6, 6.07) is 10.2. The molecule has 0 amide bonds. The molecule has 0 aliphatic rings. The van der Waals surface area contributed by atoms with Crippen molar-refractivity contribution in [3.63, 3.8) is 0 Å². The molecule has 4 heteroatoms. The summed E-state index contributed by atoms with van der Waals surface area (Å²) in [5, 5.41) is 11.2. The Balaban J connectivity index is 2.17. The number of benzene rings is 1. The van der Waals surface area contributed by atoms with Gasteiger partial charge in [0.05, 0.1) is 0 Å². The highest BCUT2D eigenvalue weighted by Gasteiger charge is 1.95. The number of nitrogens with two attached hydrogens (primary N) is 1. The normalized spacial score (nSPS) is 11.6. The first kappa shape index (κ1) is 10.9. The van der Waals surface area contributed by atoms with Gasteiger partial charge in [0.15, 0.2) is 0 Å². The van der Waals surface area contributed by atoms with Gasteiger partial charge >= 0.3 is 0 Å². The van der Waals surface area contributed by atoms with E-state index in [9.17, 15) is 0 Å². The van der Waals surface area contributed by atoms with Gasteiger partial charge in [0.1, 0.15) is 5.84 Å². The smallest absolute Gasteiger partial charge is 0.139 e. The van der Waals surface area contributed by atoms with Gasteiger partial charge < -0.3 is 10.9 Å². The molecule has 0 aliphatic carbocycles. The third kappa shape index (κ3) is 4.18. The number of amidine groups is 1. The second-order valence-corrected chi connectivity index (χ2v) is 4.02. The lowest BCUT2D eigenvalue weighted by Crippen LogP contribution is -2.11. The third-order valence-corrected chi connectivity index (χ3v) is 2.82. The molecule has 0 bridgehead atoms.